The Balaban J connectivity index is 1.66. The first-order chi connectivity index (χ1) is 12.0. The summed E-state index contributed by atoms with van der Waals surface area (Å²) in [6.07, 6.45) is 3.39. The largest absolute Gasteiger partial charge is 0.491 e. The van der Waals surface area contributed by atoms with Crippen molar-refractivity contribution >= 4 is 23.2 Å². The van der Waals surface area contributed by atoms with E-state index in [-0.39, 0.29) is 12.0 Å². The van der Waals surface area contributed by atoms with Crippen LogP contribution in [-0.2, 0) is 0 Å². The molecule has 0 bridgehead atoms. The third-order valence-corrected chi connectivity index (χ3v) is 3.62. The van der Waals surface area contributed by atoms with E-state index >= 15 is 0 Å². The topological polar surface area (TPSA) is 56.1 Å². The van der Waals surface area contributed by atoms with Crippen molar-refractivity contribution < 1.29 is 9.53 Å². The normalized spacial score (nSPS) is 10.7. The highest BCUT2D eigenvalue weighted by molar-refractivity contribution is 6.30. The lowest BCUT2D eigenvalue weighted by Crippen LogP contribution is -2.12. The lowest BCUT2D eigenvalue weighted by atomic mass is 10.2. The second-order valence-electron chi connectivity index (χ2n) is 5.80. The van der Waals surface area contributed by atoms with Gasteiger partial charge in [-0.15, -0.1) is 0 Å². The summed E-state index contributed by atoms with van der Waals surface area (Å²) in [6, 6.07) is 14.4. The molecule has 1 N–H and O–H groups in total. The Bertz CT molecular complexity index is 855. The number of carbonyl (C=O) groups is 1. The number of amides is 1. The van der Waals surface area contributed by atoms with E-state index in [1.165, 1.54) is 0 Å². The predicted molar refractivity (Wildman–Crippen MR) is 98.7 cm³/mol. The SMILES string of the molecule is CC(C)Oc1ccc(C(=O)Nc2ccc(-n3cc(Cl)cn3)cc2)cc1. The number of nitrogens with one attached hydrogen (secondary N) is 1. The summed E-state index contributed by atoms with van der Waals surface area (Å²) in [5.74, 6) is 0.569. The molecular formula is C19H18ClN3O2. The number of ether oxygens (including phenoxy) is 1. The smallest absolute Gasteiger partial charge is 0.255 e. The number of aromatic nitrogens is 2. The van der Waals surface area contributed by atoms with Crippen LogP contribution in [0.1, 0.15) is 24.2 Å². The van der Waals surface area contributed by atoms with Crippen molar-refractivity contribution in [3.05, 3.63) is 71.5 Å². The highest BCUT2D eigenvalue weighted by atomic mass is 35.5. The van der Waals surface area contributed by atoms with Crippen LogP contribution >= 0.6 is 11.6 Å². The number of halogens is 1. The Morgan fingerprint density at radius 3 is 2.36 bits per heavy atom. The molecule has 3 rings (SSSR count). The molecular weight excluding hydrogens is 338 g/mol. The zero-order chi connectivity index (χ0) is 17.8. The van der Waals surface area contributed by atoms with Crippen LogP contribution in [0.25, 0.3) is 5.69 Å². The van der Waals surface area contributed by atoms with E-state index in [1.807, 2.05) is 38.1 Å². The van der Waals surface area contributed by atoms with Gasteiger partial charge in [0.15, 0.2) is 0 Å². The lowest BCUT2D eigenvalue weighted by Gasteiger charge is -2.10. The number of hydrogen-bond acceptors (Lipinski definition) is 3. The molecule has 6 heteroatoms. The fourth-order valence-corrected chi connectivity index (χ4v) is 2.44. The molecule has 0 aliphatic heterocycles. The van der Waals surface area contributed by atoms with Crippen LogP contribution in [0.2, 0.25) is 5.02 Å². The van der Waals surface area contributed by atoms with Gasteiger partial charge < -0.3 is 10.1 Å². The van der Waals surface area contributed by atoms with Crippen LogP contribution in [0.15, 0.2) is 60.9 Å². The molecule has 1 aromatic heterocycles. The molecule has 0 radical (unpaired) electrons. The number of anilines is 1. The van der Waals surface area contributed by atoms with Crippen molar-refractivity contribution in [2.45, 2.75) is 20.0 Å². The van der Waals surface area contributed by atoms with Crippen molar-refractivity contribution in [1.29, 1.82) is 0 Å². The lowest BCUT2D eigenvalue weighted by molar-refractivity contribution is 0.102. The molecule has 5 nitrogen and oxygen atoms in total. The molecule has 0 fully saturated rings. The standard InChI is InChI=1S/C19H18ClN3O2/c1-13(2)25-18-9-3-14(4-10-18)19(24)22-16-5-7-17(8-6-16)23-12-15(20)11-21-23/h3-13H,1-2H3,(H,22,24). The summed E-state index contributed by atoms with van der Waals surface area (Å²) < 4.78 is 7.24. The van der Waals surface area contributed by atoms with Gasteiger partial charge in [0.05, 0.1) is 23.0 Å². The molecule has 0 saturated heterocycles. The van der Waals surface area contributed by atoms with Gasteiger partial charge in [-0.25, -0.2) is 4.68 Å². The monoisotopic (exact) mass is 355 g/mol. The molecule has 3 aromatic rings. The first-order valence-corrected chi connectivity index (χ1v) is 8.28. The van der Waals surface area contributed by atoms with Crippen LogP contribution in [0.3, 0.4) is 0 Å². The maximum Gasteiger partial charge on any atom is 0.255 e. The average Bonchev–Trinajstić information content (AvgIpc) is 3.02. The van der Waals surface area contributed by atoms with Gasteiger partial charge in [-0.05, 0) is 62.4 Å². The molecule has 25 heavy (non-hydrogen) atoms. The molecule has 0 aliphatic rings. The van der Waals surface area contributed by atoms with E-state index in [0.717, 1.165) is 11.4 Å². The molecule has 0 spiro atoms. The van der Waals surface area contributed by atoms with Gasteiger partial charge in [-0.2, -0.15) is 5.10 Å². The summed E-state index contributed by atoms with van der Waals surface area (Å²) in [5, 5.41) is 7.58. The van der Waals surface area contributed by atoms with E-state index in [9.17, 15) is 4.79 Å². The highest BCUT2D eigenvalue weighted by Crippen LogP contribution is 2.17. The Labute approximate surface area is 151 Å². The van der Waals surface area contributed by atoms with Crippen molar-refractivity contribution in [1.82, 2.24) is 9.78 Å². The molecule has 0 saturated carbocycles. The van der Waals surface area contributed by atoms with Gasteiger partial charge in [0.1, 0.15) is 5.75 Å². The number of benzene rings is 2. The van der Waals surface area contributed by atoms with E-state index < -0.39 is 0 Å². The number of rotatable bonds is 5. The Kier molecular flexibility index (Phi) is 5.05. The van der Waals surface area contributed by atoms with Crippen LogP contribution in [-0.4, -0.2) is 21.8 Å². The summed E-state index contributed by atoms with van der Waals surface area (Å²) in [6.45, 7) is 3.92. The highest BCUT2D eigenvalue weighted by Gasteiger charge is 2.07. The zero-order valence-electron chi connectivity index (χ0n) is 13.9. The molecule has 0 aliphatic carbocycles. The quantitative estimate of drug-likeness (QED) is 0.729. The van der Waals surface area contributed by atoms with E-state index in [4.69, 9.17) is 16.3 Å². The van der Waals surface area contributed by atoms with Crippen LogP contribution < -0.4 is 10.1 Å². The van der Waals surface area contributed by atoms with Gasteiger partial charge in [0.2, 0.25) is 0 Å². The summed E-state index contributed by atoms with van der Waals surface area (Å²) >= 11 is 5.87. The van der Waals surface area contributed by atoms with E-state index in [2.05, 4.69) is 10.4 Å². The van der Waals surface area contributed by atoms with E-state index in [1.54, 1.807) is 41.3 Å². The number of carbonyl (C=O) groups excluding carboxylic acids is 1. The predicted octanol–water partition coefficient (Wildman–Crippen LogP) is 4.57. The van der Waals surface area contributed by atoms with Gasteiger partial charge in [-0.3, -0.25) is 4.79 Å². The first kappa shape index (κ1) is 17.0. The summed E-state index contributed by atoms with van der Waals surface area (Å²) in [5.41, 5.74) is 2.13. The second-order valence-corrected chi connectivity index (χ2v) is 6.23. The van der Waals surface area contributed by atoms with Gasteiger partial charge in [0.25, 0.3) is 5.91 Å². The van der Waals surface area contributed by atoms with Crippen LogP contribution in [0.5, 0.6) is 5.75 Å². The van der Waals surface area contributed by atoms with Crippen molar-refractivity contribution in [3.63, 3.8) is 0 Å². The van der Waals surface area contributed by atoms with Gasteiger partial charge >= 0.3 is 0 Å². The second kappa shape index (κ2) is 7.40. The van der Waals surface area contributed by atoms with Crippen molar-refractivity contribution in [2.24, 2.45) is 0 Å². The minimum atomic E-state index is -0.175. The van der Waals surface area contributed by atoms with Gasteiger partial charge in [0, 0.05) is 17.4 Å². The molecule has 128 valence electrons. The van der Waals surface area contributed by atoms with Crippen LogP contribution in [0, 0.1) is 0 Å². The van der Waals surface area contributed by atoms with Crippen molar-refractivity contribution in [2.75, 3.05) is 5.32 Å². The minimum absolute atomic E-state index is 0.0999. The van der Waals surface area contributed by atoms with Gasteiger partial charge in [-0.1, -0.05) is 11.6 Å². The summed E-state index contributed by atoms with van der Waals surface area (Å²) in [4.78, 5) is 12.3. The molecule has 0 unspecified atom stereocenters. The van der Waals surface area contributed by atoms with Crippen LogP contribution in [0.4, 0.5) is 5.69 Å². The molecule has 2 aromatic carbocycles. The fourth-order valence-electron chi connectivity index (χ4n) is 2.30. The Morgan fingerprint density at radius 2 is 1.80 bits per heavy atom. The van der Waals surface area contributed by atoms with E-state index in [0.29, 0.717) is 16.3 Å². The maximum absolute atomic E-state index is 12.3. The third kappa shape index (κ3) is 4.39. The summed E-state index contributed by atoms with van der Waals surface area (Å²) in [7, 11) is 0. The Hall–Kier alpha value is -2.79. The average molecular weight is 356 g/mol. The molecule has 0 atom stereocenters. The number of nitrogens with zero attached hydrogens (tertiary/aromatic N) is 2. The zero-order valence-corrected chi connectivity index (χ0v) is 14.7. The Morgan fingerprint density at radius 1 is 1.12 bits per heavy atom. The third-order valence-electron chi connectivity index (χ3n) is 3.43. The number of hydrogen-bond donors (Lipinski definition) is 1. The fraction of sp³-hybridized carbons (Fsp3) is 0.158. The molecule has 1 amide bonds. The minimum Gasteiger partial charge on any atom is -0.491 e. The maximum atomic E-state index is 12.3. The first-order valence-electron chi connectivity index (χ1n) is 7.90. The molecule has 1 heterocycles. The van der Waals surface area contributed by atoms with Crippen molar-refractivity contribution in [3.8, 4) is 11.4 Å².